The summed E-state index contributed by atoms with van der Waals surface area (Å²) in [5, 5.41) is 10.4. The topological polar surface area (TPSA) is 55.8 Å². The van der Waals surface area contributed by atoms with E-state index >= 15 is 0 Å². The zero-order valence-electron chi connectivity index (χ0n) is 16.5. The van der Waals surface area contributed by atoms with E-state index in [0.717, 1.165) is 37.8 Å². The Kier molecular flexibility index (Phi) is 6.70. The van der Waals surface area contributed by atoms with Crippen LogP contribution in [-0.4, -0.2) is 24.3 Å². The van der Waals surface area contributed by atoms with Crippen LogP contribution in [-0.2, 0) is 10.9 Å². The van der Waals surface area contributed by atoms with Crippen LogP contribution in [0, 0.1) is 0 Å². The van der Waals surface area contributed by atoms with Gasteiger partial charge in [0.25, 0.3) is 0 Å². The molecule has 0 saturated heterocycles. The molecule has 4 nitrogen and oxygen atoms in total. The van der Waals surface area contributed by atoms with Gasteiger partial charge < -0.3 is 14.6 Å². The average Bonchev–Trinajstić information content (AvgIpc) is 2.72. The lowest BCUT2D eigenvalue weighted by molar-refractivity contribution is -0.137. The van der Waals surface area contributed by atoms with Crippen LogP contribution in [0.15, 0.2) is 36.4 Å². The molecule has 0 atom stereocenters. The molecule has 2 aromatic rings. The van der Waals surface area contributed by atoms with Gasteiger partial charge in [0.05, 0.1) is 18.8 Å². The number of esters is 1. The first-order chi connectivity index (χ1) is 14.3. The molecular weight excluding hydrogens is 397 g/mol. The number of methoxy groups -OCH3 is 1. The van der Waals surface area contributed by atoms with Gasteiger partial charge in [-0.1, -0.05) is 30.7 Å². The molecule has 0 spiro atoms. The van der Waals surface area contributed by atoms with Crippen LogP contribution in [0.3, 0.4) is 0 Å². The van der Waals surface area contributed by atoms with Gasteiger partial charge in [-0.3, -0.25) is 0 Å². The monoisotopic (exact) mass is 420 g/mol. The summed E-state index contributed by atoms with van der Waals surface area (Å²) in [7, 11) is 1.21. The fourth-order valence-corrected chi connectivity index (χ4v) is 3.49. The number of benzene rings is 2. The van der Waals surface area contributed by atoms with Crippen molar-refractivity contribution >= 4 is 18.1 Å². The highest BCUT2D eigenvalue weighted by molar-refractivity contribution is 5.98. The Morgan fingerprint density at radius 1 is 1.07 bits per heavy atom. The van der Waals surface area contributed by atoms with Gasteiger partial charge in [0.1, 0.15) is 17.1 Å². The van der Waals surface area contributed by atoms with Crippen LogP contribution >= 0.6 is 0 Å². The molecule has 1 saturated carbocycles. The summed E-state index contributed by atoms with van der Waals surface area (Å²) < 4.78 is 48.9. The number of ether oxygens (including phenoxy) is 2. The van der Waals surface area contributed by atoms with Crippen molar-refractivity contribution in [2.75, 3.05) is 7.11 Å². The maximum absolute atomic E-state index is 12.7. The smallest absolute Gasteiger partial charge is 0.416 e. The molecule has 1 aliphatic carbocycles. The molecule has 2 aromatic carbocycles. The third-order valence-corrected chi connectivity index (χ3v) is 5.06. The summed E-state index contributed by atoms with van der Waals surface area (Å²) >= 11 is 0. The van der Waals surface area contributed by atoms with E-state index in [-0.39, 0.29) is 17.4 Å². The van der Waals surface area contributed by atoms with Crippen LogP contribution in [0.5, 0.6) is 11.5 Å². The van der Waals surface area contributed by atoms with E-state index in [1.807, 2.05) is 0 Å². The number of alkyl halides is 3. The molecule has 1 aliphatic rings. The van der Waals surface area contributed by atoms with Gasteiger partial charge in [-0.15, -0.1) is 0 Å². The van der Waals surface area contributed by atoms with Gasteiger partial charge in [0.2, 0.25) is 0 Å². The number of hydrogen-bond donors (Lipinski definition) is 1. The molecule has 0 aliphatic heterocycles. The van der Waals surface area contributed by atoms with Gasteiger partial charge in [-0.25, -0.2) is 4.79 Å². The van der Waals surface area contributed by atoms with Crippen LogP contribution in [0.4, 0.5) is 13.2 Å². The maximum Gasteiger partial charge on any atom is 0.416 e. The van der Waals surface area contributed by atoms with Crippen molar-refractivity contribution in [1.29, 1.82) is 0 Å². The van der Waals surface area contributed by atoms with E-state index in [1.165, 1.54) is 31.7 Å². The number of aromatic hydroxyl groups is 1. The fourth-order valence-electron chi connectivity index (χ4n) is 3.49. The molecule has 3 rings (SSSR count). The molecule has 0 bridgehead atoms. The molecule has 0 unspecified atom stereocenters. The first-order valence-corrected chi connectivity index (χ1v) is 9.75. The van der Waals surface area contributed by atoms with Crippen LogP contribution in [0.1, 0.15) is 59.2 Å². The molecule has 0 aromatic heterocycles. The predicted molar refractivity (Wildman–Crippen MR) is 107 cm³/mol. The van der Waals surface area contributed by atoms with Crippen molar-refractivity contribution in [2.24, 2.45) is 0 Å². The van der Waals surface area contributed by atoms with Gasteiger partial charge in [0.15, 0.2) is 0 Å². The van der Waals surface area contributed by atoms with Crippen LogP contribution in [0.2, 0.25) is 0 Å². The number of phenols is 1. The van der Waals surface area contributed by atoms with E-state index in [0.29, 0.717) is 16.9 Å². The Bertz CT molecular complexity index is 911. The lowest BCUT2D eigenvalue weighted by Gasteiger charge is -2.23. The molecule has 7 heteroatoms. The van der Waals surface area contributed by atoms with E-state index in [4.69, 9.17) is 9.47 Å². The molecule has 1 N–H and O–H groups in total. The maximum atomic E-state index is 12.7. The molecule has 0 amide bonds. The summed E-state index contributed by atoms with van der Waals surface area (Å²) in [5.74, 6) is -0.565. The number of carbonyl (C=O) groups is 1. The third-order valence-electron chi connectivity index (χ3n) is 5.06. The predicted octanol–water partition coefficient (Wildman–Crippen LogP) is 6.08. The Morgan fingerprint density at radius 3 is 2.33 bits per heavy atom. The van der Waals surface area contributed by atoms with Gasteiger partial charge in [-0.2, -0.15) is 13.2 Å². The van der Waals surface area contributed by atoms with Gasteiger partial charge >= 0.3 is 12.1 Å². The summed E-state index contributed by atoms with van der Waals surface area (Å²) in [6, 6.07) is 7.65. The SMILES string of the molecule is COC(=O)c1c(O)cc(OC2CCCCC2)cc1/C=C/c1ccc(C(F)(F)F)cc1. The minimum atomic E-state index is -4.41. The highest BCUT2D eigenvalue weighted by Crippen LogP contribution is 2.33. The summed E-state index contributed by atoms with van der Waals surface area (Å²) in [6.45, 7) is 0. The lowest BCUT2D eigenvalue weighted by Crippen LogP contribution is -2.19. The van der Waals surface area contributed by atoms with E-state index < -0.39 is 17.7 Å². The van der Waals surface area contributed by atoms with Crippen molar-refractivity contribution in [3.63, 3.8) is 0 Å². The Hall–Kier alpha value is -2.96. The van der Waals surface area contributed by atoms with Crippen molar-refractivity contribution in [1.82, 2.24) is 0 Å². The molecule has 0 heterocycles. The number of hydrogen-bond acceptors (Lipinski definition) is 4. The summed E-state index contributed by atoms with van der Waals surface area (Å²) in [6.07, 6.45) is 3.94. The zero-order valence-corrected chi connectivity index (χ0v) is 16.5. The molecule has 160 valence electrons. The fraction of sp³-hybridized carbons (Fsp3) is 0.348. The van der Waals surface area contributed by atoms with E-state index in [1.54, 1.807) is 18.2 Å². The standard InChI is InChI=1S/C23H23F3O4/c1-29-22(28)21-16(10-7-15-8-11-17(12-9-15)23(24,25)26)13-19(14-20(21)27)30-18-5-3-2-4-6-18/h7-14,18,27H,2-6H2,1H3/b10-7+. The number of halogens is 3. The minimum Gasteiger partial charge on any atom is -0.507 e. The molecule has 0 radical (unpaired) electrons. The second-order valence-corrected chi connectivity index (χ2v) is 7.23. The summed E-state index contributed by atoms with van der Waals surface area (Å²) in [5.41, 5.74) is 0.0940. The van der Waals surface area contributed by atoms with Crippen molar-refractivity contribution in [2.45, 2.75) is 44.4 Å². The summed E-state index contributed by atoms with van der Waals surface area (Å²) in [4.78, 5) is 12.1. The quantitative estimate of drug-likeness (QED) is 0.471. The third kappa shape index (κ3) is 5.34. The minimum absolute atomic E-state index is 0.0309. The second kappa shape index (κ2) is 9.24. The lowest BCUT2D eigenvalue weighted by atomic mass is 9.97. The Labute approximate surface area is 172 Å². The molecular formula is C23H23F3O4. The highest BCUT2D eigenvalue weighted by atomic mass is 19.4. The number of rotatable bonds is 5. The van der Waals surface area contributed by atoms with Crippen molar-refractivity contribution in [3.05, 3.63) is 58.7 Å². The number of carbonyl (C=O) groups excluding carboxylic acids is 1. The normalized spacial score (nSPS) is 15.3. The second-order valence-electron chi connectivity index (χ2n) is 7.23. The Balaban J connectivity index is 1.89. The Morgan fingerprint density at radius 2 is 1.73 bits per heavy atom. The molecule has 1 fully saturated rings. The van der Waals surface area contributed by atoms with Crippen molar-refractivity contribution < 1.29 is 32.5 Å². The largest absolute Gasteiger partial charge is 0.507 e. The van der Waals surface area contributed by atoms with E-state index in [2.05, 4.69) is 0 Å². The van der Waals surface area contributed by atoms with Gasteiger partial charge in [0, 0.05) is 6.07 Å². The van der Waals surface area contributed by atoms with Crippen LogP contribution in [0.25, 0.3) is 12.2 Å². The highest BCUT2D eigenvalue weighted by Gasteiger charge is 2.29. The van der Waals surface area contributed by atoms with Gasteiger partial charge in [-0.05, 0) is 55.0 Å². The number of phenolic OH excluding ortho intramolecular Hbond substituents is 1. The van der Waals surface area contributed by atoms with E-state index in [9.17, 15) is 23.1 Å². The first kappa shape index (κ1) is 21.7. The van der Waals surface area contributed by atoms with Crippen LogP contribution < -0.4 is 4.74 Å². The zero-order chi connectivity index (χ0) is 21.7. The first-order valence-electron chi connectivity index (χ1n) is 9.75. The molecule has 30 heavy (non-hydrogen) atoms. The van der Waals surface area contributed by atoms with Crippen molar-refractivity contribution in [3.8, 4) is 11.5 Å². The average molecular weight is 420 g/mol.